The molecule has 0 aromatic carbocycles. The third-order valence-electron chi connectivity index (χ3n) is 13.9. The molecule has 11 nitrogen and oxygen atoms in total. The predicted octanol–water partition coefficient (Wildman–Crippen LogP) is 19.5. The lowest BCUT2D eigenvalue weighted by molar-refractivity contribution is -0.161. The van der Waals surface area contributed by atoms with E-state index in [0.717, 1.165) is 103 Å². The zero-order chi connectivity index (χ0) is 56.9. The number of unbranched alkanes of at least 4 members (excludes halogenated alkanes) is 33. The van der Waals surface area contributed by atoms with Crippen molar-refractivity contribution in [3.63, 3.8) is 0 Å². The normalized spacial score (nSPS) is 13.7. The lowest BCUT2D eigenvalue weighted by Crippen LogP contribution is -2.30. The van der Waals surface area contributed by atoms with Crippen LogP contribution < -0.4 is 0 Å². The van der Waals surface area contributed by atoms with Gasteiger partial charge in [0.05, 0.1) is 19.8 Å². The van der Waals surface area contributed by atoms with Gasteiger partial charge in [0.25, 0.3) is 0 Å². The Morgan fingerprint density at radius 1 is 0.359 bits per heavy atom. The van der Waals surface area contributed by atoms with E-state index in [2.05, 4.69) is 81.5 Å². The number of rotatable bonds is 60. The quantitative estimate of drug-likeness (QED) is 0.0197. The van der Waals surface area contributed by atoms with Gasteiger partial charge in [-0.05, 0) is 109 Å². The van der Waals surface area contributed by atoms with E-state index in [1.165, 1.54) is 141 Å². The highest BCUT2D eigenvalue weighted by Gasteiger charge is 2.28. The van der Waals surface area contributed by atoms with Crippen LogP contribution in [0.4, 0.5) is 0 Å². The van der Waals surface area contributed by atoms with Crippen molar-refractivity contribution in [1.29, 1.82) is 0 Å². The van der Waals surface area contributed by atoms with Gasteiger partial charge in [0.15, 0.2) is 6.10 Å². The summed E-state index contributed by atoms with van der Waals surface area (Å²) in [5.41, 5.74) is 0. The molecule has 78 heavy (non-hydrogen) atoms. The molecule has 0 fully saturated rings. The summed E-state index contributed by atoms with van der Waals surface area (Å²) in [6.45, 7) is 4.61. The molecule has 3 unspecified atom stereocenters. The molecule has 0 aliphatic carbocycles. The minimum atomic E-state index is -4.76. The second-order valence-electron chi connectivity index (χ2n) is 21.6. The summed E-state index contributed by atoms with van der Waals surface area (Å²) in [6.07, 6.45) is 67.3. The van der Waals surface area contributed by atoms with Gasteiger partial charge in [-0.25, -0.2) is 4.57 Å². The second-order valence-corrected chi connectivity index (χ2v) is 23.0. The first kappa shape index (κ1) is 75.2. The van der Waals surface area contributed by atoms with Crippen molar-refractivity contribution in [2.45, 2.75) is 315 Å². The van der Waals surface area contributed by atoms with Gasteiger partial charge in [0, 0.05) is 19.3 Å². The minimum absolute atomic E-state index is 0.161. The van der Waals surface area contributed by atoms with Crippen LogP contribution in [0.2, 0.25) is 0 Å². The van der Waals surface area contributed by atoms with E-state index >= 15 is 0 Å². The van der Waals surface area contributed by atoms with Gasteiger partial charge in [0.1, 0.15) is 12.7 Å². The Morgan fingerprint density at radius 2 is 0.628 bits per heavy atom. The molecule has 0 aliphatic heterocycles. The molecule has 2 N–H and O–H groups in total. The number of hydrogen-bond donors (Lipinski definition) is 2. The molecule has 0 saturated heterocycles. The molecule has 0 amide bonds. The largest absolute Gasteiger partial charge is 0.472 e. The second kappa shape index (κ2) is 60.3. The fourth-order valence-electron chi connectivity index (χ4n) is 8.94. The number of carbonyl (C=O) groups is 3. The number of esters is 3. The maximum Gasteiger partial charge on any atom is 0.472 e. The van der Waals surface area contributed by atoms with Crippen molar-refractivity contribution in [2.24, 2.45) is 0 Å². The predicted molar refractivity (Wildman–Crippen MR) is 325 cm³/mol. The summed E-state index contributed by atoms with van der Waals surface area (Å²) in [4.78, 5) is 48.7. The van der Waals surface area contributed by atoms with Crippen LogP contribution in [0.3, 0.4) is 0 Å². The molecular formula is C66H119O11P. The van der Waals surface area contributed by atoms with E-state index in [1.807, 2.05) is 0 Å². The maximum atomic E-state index is 13.0. The summed E-state index contributed by atoms with van der Waals surface area (Å²) >= 11 is 0. The van der Waals surface area contributed by atoms with Gasteiger partial charge in [-0.3, -0.25) is 23.4 Å². The van der Waals surface area contributed by atoms with Gasteiger partial charge in [-0.15, -0.1) is 0 Å². The van der Waals surface area contributed by atoms with E-state index in [9.17, 15) is 28.9 Å². The van der Waals surface area contributed by atoms with Crippen LogP contribution >= 0.6 is 7.82 Å². The zero-order valence-electron chi connectivity index (χ0n) is 50.4. The van der Waals surface area contributed by atoms with E-state index in [4.69, 9.17) is 23.3 Å². The Bertz CT molecular complexity index is 1540. The molecule has 0 saturated carbocycles. The number of hydrogen-bond acceptors (Lipinski definition) is 10. The van der Waals surface area contributed by atoms with Gasteiger partial charge in [0.2, 0.25) is 0 Å². The lowest BCUT2D eigenvalue weighted by Gasteiger charge is -2.21. The Morgan fingerprint density at radius 3 is 0.987 bits per heavy atom. The van der Waals surface area contributed by atoms with Crippen molar-refractivity contribution in [3.8, 4) is 0 Å². The highest BCUT2D eigenvalue weighted by molar-refractivity contribution is 7.47. The van der Waals surface area contributed by atoms with Crippen molar-refractivity contribution in [1.82, 2.24) is 0 Å². The van der Waals surface area contributed by atoms with E-state index in [0.29, 0.717) is 19.3 Å². The highest BCUT2D eigenvalue weighted by Crippen LogP contribution is 2.43. The molecule has 0 radical (unpaired) electrons. The van der Waals surface area contributed by atoms with Crippen LogP contribution in [-0.2, 0) is 42.2 Å². The smallest absolute Gasteiger partial charge is 0.462 e. The molecule has 0 spiro atoms. The molecule has 3 atom stereocenters. The zero-order valence-corrected chi connectivity index (χ0v) is 51.3. The summed E-state index contributed by atoms with van der Waals surface area (Å²) in [7, 11) is -4.76. The molecule has 0 rings (SSSR count). The van der Waals surface area contributed by atoms with Crippen LogP contribution in [0.25, 0.3) is 0 Å². The SMILES string of the molecule is CCCCC/C=C\C/C=C\CCCCCCCCCCCC(=O)OC(COC(=O)CCCCCCCCC/C=C\C/C=C\CCCCC)COP(=O)(O)OCC(CO)OC(=O)CCCCCCC/C=C\CCCCCCCC. The Balaban J connectivity index is 4.72. The number of aliphatic hydroxyl groups is 1. The van der Waals surface area contributed by atoms with Crippen molar-refractivity contribution in [2.75, 3.05) is 26.4 Å². The van der Waals surface area contributed by atoms with Crippen LogP contribution in [0.5, 0.6) is 0 Å². The molecule has 0 aromatic rings. The Kier molecular flexibility index (Phi) is 58.1. The maximum absolute atomic E-state index is 13.0. The summed E-state index contributed by atoms with van der Waals surface area (Å²) < 4.78 is 39.7. The van der Waals surface area contributed by atoms with E-state index < -0.39 is 57.8 Å². The summed E-state index contributed by atoms with van der Waals surface area (Å²) in [5.74, 6) is -1.47. The standard InChI is InChI=1S/C66H119O11P/c1-4-7-10-13-16-19-22-25-28-30-31-33-36-39-42-45-48-51-54-57-66(70)77-63(59-73-64(68)55-52-49-46-43-40-37-35-32-29-26-23-20-17-14-11-8-5-2)61-75-78(71,72)74-60-62(58-67)76-65(69)56-53-50-47-44-41-38-34-27-24-21-18-15-12-9-6-3/h16-17,19-20,25-29,34,62-63,67H,4-15,18,21-24,30-33,35-61H2,1-3H3,(H,71,72)/b19-16-,20-17-,28-25-,29-26-,34-27-. The van der Waals surface area contributed by atoms with Crippen LogP contribution in [0.1, 0.15) is 303 Å². The molecule has 0 aromatic heterocycles. The first-order valence-electron chi connectivity index (χ1n) is 32.2. The topological polar surface area (TPSA) is 155 Å². The summed E-state index contributed by atoms with van der Waals surface area (Å²) in [6, 6.07) is 0. The first-order valence-corrected chi connectivity index (χ1v) is 33.7. The molecule has 0 bridgehead atoms. The highest BCUT2D eigenvalue weighted by atomic mass is 31.2. The van der Waals surface area contributed by atoms with Gasteiger partial charge in [-0.1, -0.05) is 236 Å². The number of aliphatic hydroxyl groups excluding tert-OH is 1. The van der Waals surface area contributed by atoms with Gasteiger partial charge in [-0.2, -0.15) is 0 Å². The van der Waals surface area contributed by atoms with Crippen LogP contribution in [-0.4, -0.2) is 66.5 Å². The van der Waals surface area contributed by atoms with Crippen molar-refractivity contribution >= 4 is 25.7 Å². The summed E-state index contributed by atoms with van der Waals surface area (Å²) in [5, 5.41) is 9.84. The average Bonchev–Trinajstić information content (AvgIpc) is 3.43. The average molecular weight is 1120 g/mol. The molecular weight excluding hydrogens is 1000 g/mol. The number of phosphoric ester groups is 1. The Labute approximate surface area is 478 Å². The number of phosphoric acid groups is 1. The monoisotopic (exact) mass is 1120 g/mol. The third kappa shape index (κ3) is 57.9. The van der Waals surface area contributed by atoms with E-state index in [1.54, 1.807) is 0 Å². The van der Waals surface area contributed by atoms with Crippen LogP contribution in [0.15, 0.2) is 60.8 Å². The number of carbonyl (C=O) groups excluding carboxylic acids is 3. The number of ether oxygens (including phenoxy) is 3. The minimum Gasteiger partial charge on any atom is -0.462 e. The molecule has 454 valence electrons. The van der Waals surface area contributed by atoms with Crippen molar-refractivity contribution in [3.05, 3.63) is 60.8 Å². The molecule has 12 heteroatoms. The lowest BCUT2D eigenvalue weighted by atomic mass is 10.1. The Hall–Kier alpha value is -2.82. The fourth-order valence-corrected chi connectivity index (χ4v) is 9.73. The third-order valence-corrected chi connectivity index (χ3v) is 14.8. The molecule has 0 heterocycles. The molecule has 0 aliphatic rings. The van der Waals surface area contributed by atoms with E-state index in [-0.39, 0.29) is 25.9 Å². The van der Waals surface area contributed by atoms with Crippen LogP contribution in [0, 0.1) is 0 Å². The number of allylic oxidation sites excluding steroid dienone is 10. The van der Waals surface area contributed by atoms with Crippen molar-refractivity contribution < 1.29 is 52.2 Å². The first-order chi connectivity index (χ1) is 38.2. The van der Waals surface area contributed by atoms with Gasteiger partial charge >= 0.3 is 25.7 Å². The van der Waals surface area contributed by atoms with Gasteiger partial charge < -0.3 is 24.2 Å². The fraction of sp³-hybridized carbons (Fsp3) is 0.803.